The molecule has 0 spiro atoms. The molecule has 0 radical (unpaired) electrons. The van der Waals surface area contributed by atoms with E-state index in [1.54, 1.807) is 51.2 Å². The maximum atomic E-state index is 12.0. The van der Waals surface area contributed by atoms with Gasteiger partial charge in [-0.25, -0.2) is 14.8 Å². The summed E-state index contributed by atoms with van der Waals surface area (Å²) >= 11 is 0. The number of esters is 1. The second kappa shape index (κ2) is 7.79. The highest BCUT2D eigenvalue weighted by atomic mass is 16.5. The van der Waals surface area contributed by atoms with Gasteiger partial charge in [-0.1, -0.05) is 24.0 Å². The fourth-order valence-electron chi connectivity index (χ4n) is 2.89. The first-order valence-corrected chi connectivity index (χ1v) is 8.97. The van der Waals surface area contributed by atoms with Crippen LogP contribution in [-0.2, 0) is 9.53 Å². The number of carbonyl (C=O) groups is 2. The van der Waals surface area contributed by atoms with Gasteiger partial charge in [0, 0.05) is 36.8 Å². The molecule has 1 N–H and O–H groups in total. The number of benzene rings is 1. The van der Waals surface area contributed by atoms with Gasteiger partial charge in [0.1, 0.15) is 0 Å². The molecule has 144 valence electrons. The molecule has 1 aromatic heterocycles. The zero-order chi connectivity index (χ0) is 20.3. The number of hydrogen-bond donors (Lipinski definition) is 1. The second-order valence-corrected chi connectivity index (χ2v) is 6.61. The molecule has 3 rings (SSSR count). The predicted molar refractivity (Wildman–Crippen MR) is 102 cm³/mol. The SMILES string of the molecule is CCOC(=O)c1cc(C)nc(-c2cccc(C#C[C@]3(O)CCN(C)C3=O)c2)n1. The van der Waals surface area contributed by atoms with Gasteiger partial charge in [-0.2, -0.15) is 0 Å². The predicted octanol–water partition coefficient (Wildman–Crippen LogP) is 1.57. The highest BCUT2D eigenvalue weighted by Gasteiger charge is 2.42. The third kappa shape index (κ3) is 4.02. The number of aliphatic hydroxyl groups is 1. The number of likely N-dealkylation sites (N-methyl/N-ethyl adjacent to an activating group) is 1. The largest absolute Gasteiger partial charge is 0.461 e. The normalized spacial score (nSPS) is 18.6. The topological polar surface area (TPSA) is 92.6 Å². The molecule has 2 heterocycles. The molecular weight excluding hydrogens is 358 g/mol. The monoisotopic (exact) mass is 379 g/mol. The van der Waals surface area contributed by atoms with Gasteiger partial charge in [0.25, 0.3) is 5.91 Å². The van der Waals surface area contributed by atoms with Crippen LogP contribution in [0.3, 0.4) is 0 Å². The zero-order valence-corrected chi connectivity index (χ0v) is 16.0. The van der Waals surface area contributed by atoms with Gasteiger partial charge in [-0.3, -0.25) is 4.79 Å². The lowest BCUT2D eigenvalue weighted by Crippen LogP contribution is -2.37. The van der Waals surface area contributed by atoms with Crippen LogP contribution in [0.4, 0.5) is 0 Å². The Labute approximate surface area is 163 Å². The quantitative estimate of drug-likeness (QED) is 0.643. The maximum Gasteiger partial charge on any atom is 0.357 e. The van der Waals surface area contributed by atoms with E-state index < -0.39 is 17.5 Å². The number of rotatable bonds is 3. The van der Waals surface area contributed by atoms with Crippen LogP contribution in [0, 0.1) is 18.8 Å². The van der Waals surface area contributed by atoms with Crippen molar-refractivity contribution in [3.8, 4) is 23.2 Å². The van der Waals surface area contributed by atoms with Crippen molar-refractivity contribution in [2.24, 2.45) is 0 Å². The Balaban J connectivity index is 1.92. The van der Waals surface area contributed by atoms with E-state index in [0.29, 0.717) is 29.2 Å². The molecular formula is C21H21N3O4. The minimum Gasteiger partial charge on any atom is -0.461 e. The number of aryl methyl sites for hydroxylation is 1. The smallest absolute Gasteiger partial charge is 0.357 e. The van der Waals surface area contributed by atoms with Gasteiger partial charge in [-0.05, 0) is 32.0 Å². The van der Waals surface area contributed by atoms with Crippen LogP contribution in [0.15, 0.2) is 30.3 Å². The third-order valence-corrected chi connectivity index (χ3v) is 4.38. The van der Waals surface area contributed by atoms with Crippen LogP contribution in [0.25, 0.3) is 11.4 Å². The minimum absolute atomic E-state index is 0.190. The van der Waals surface area contributed by atoms with E-state index >= 15 is 0 Å². The van der Waals surface area contributed by atoms with E-state index in [1.165, 1.54) is 4.90 Å². The molecule has 0 bridgehead atoms. The van der Waals surface area contributed by atoms with Crippen LogP contribution in [-0.4, -0.2) is 57.7 Å². The molecule has 1 aliphatic heterocycles. The van der Waals surface area contributed by atoms with Gasteiger partial charge >= 0.3 is 5.97 Å². The molecule has 0 saturated carbocycles. The molecule has 1 aromatic carbocycles. The van der Waals surface area contributed by atoms with Crippen molar-refractivity contribution in [1.82, 2.24) is 14.9 Å². The fraction of sp³-hybridized carbons (Fsp3) is 0.333. The highest BCUT2D eigenvalue weighted by Crippen LogP contribution is 2.22. The molecule has 2 aromatic rings. The first-order chi connectivity index (χ1) is 13.3. The van der Waals surface area contributed by atoms with E-state index in [2.05, 4.69) is 21.8 Å². The van der Waals surface area contributed by atoms with Crippen LogP contribution in [0.2, 0.25) is 0 Å². The van der Waals surface area contributed by atoms with Gasteiger partial charge in [0.2, 0.25) is 5.60 Å². The highest BCUT2D eigenvalue weighted by molar-refractivity contribution is 5.90. The summed E-state index contributed by atoms with van der Waals surface area (Å²) in [5.74, 6) is 5.04. The number of carbonyl (C=O) groups excluding carboxylic acids is 2. The summed E-state index contributed by atoms with van der Waals surface area (Å²) in [6.07, 6.45) is 0.277. The lowest BCUT2D eigenvalue weighted by atomic mass is 10.0. The van der Waals surface area contributed by atoms with Crippen molar-refractivity contribution in [1.29, 1.82) is 0 Å². The summed E-state index contributed by atoms with van der Waals surface area (Å²) < 4.78 is 5.01. The summed E-state index contributed by atoms with van der Waals surface area (Å²) in [5, 5.41) is 10.4. The molecule has 1 aliphatic rings. The number of amides is 1. The Morgan fingerprint density at radius 1 is 1.36 bits per heavy atom. The number of hydrogen-bond acceptors (Lipinski definition) is 6. The molecule has 0 aliphatic carbocycles. The van der Waals surface area contributed by atoms with E-state index in [1.807, 2.05) is 0 Å². The van der Waals surface area contributed by atoms with Gasteiger partial charge < -0.3 is 14.7 Å². The molecule has 7 nitrogen and oxygen atoms in total. The Morgan fingerprint density at radius 3 is 2.82 bits per heavy atom. The average Bonchev–Trinajstić information content (AvgIpc) is 2.94. The van der Waals surface area contributed by atoms with E-state index in [4.69, 9.17) is 4.74 Å². The fourth-order valence-corrected chi connectivity index (χ4v) is 2.89. The van der Waals surface area contributed by atoms with E-state index in [-0.39, 0.29) is 18.7 Å². The van der Waals surface area contributed by atoms with E-state index in [9.17, 15) is 14.7 Å². The Morgan fingerprint density at radius 2 is 2.14 bits per heavy atom. The Kier molecular flexibility index (Phi) is 5.43. The molecule has 1 fully saturated rings. The first-order valence-electron chi connectivity index (χ1n) is 8.97. The van der Waals surface area contributed by atoms with Gasteiger partial charge in [0.05, 0.1) is 6.61 Å². The summed E-state index contributed by atoms with van der Waals surface area (Å²) in [7, 11) is 1.64. The van der Waals surface area contributed by atoms with Gasteiger partial charge in [-0.15, -0.1) is 0 Å². The van der Waals surface area contributed by atoms with Crippen molar-refractivity contribution >= 4 is 11.9 Å². The van der Waals surface area contributed by atoms with Crippen molar-refractivity contribution in [3.05, 3.63) is 47.3 Å². The number of ether oxygens (including phenoxy) is 1. The lowest BCUT2D eigenvalue weighted by molar-refractivity contribution is -0.137. The molecule has 1 amide bonds. The first kappa shape index (κ1) is 19.5. The summed E-state index contributed by atoms with van der Waals surface area (Å²) in [6.45, 7) is 4.24. The zero-order valence-electron chi connectivity index (χ0n) is 16.0. The van der Waals surface area contributed by atoms with Gasteiger partial charge in [0.15, 0.2) is 11.5 Å². The molecule has 7 heteroatoms. The van der Waals surface area contributed by atoms with Crippen molar-refractivity contribution < 1.29 is 19.4 Å². The van der Waals surface area contributed by atoms with Crippen molar-refractivity contribution in [3.63, 3.8) is 0 Å². The molecule has 0 unspecified atom stereocenters. The lowest BCUT2D eigenvalue weighted by Gasteiger charge is -2.13. The maximum absolute atomic E-state index is 12.0. The van der Waals surface area contributed by atoms with E-state index in [0.717, 1.165) is 0 Å². The van der Waals surface area contributed by atoms with Crippen LogP contribution >= 0.6 is 0 Å². The van der Waals surface area contributed by atoms with Crippen LogP contribution in [0.5, 0.6) is 0 Å². The molecule has 1 atom stereocenters. The molecule has 28 heavy (non-hydrogen) atoms. The average molecular weight is 379 g/mol. The number of nitrogens with zero attached hydrogens (tertiary/aromatic N) is 3. The minimum atomic E-state index is -1.65. The number of aromatic nitrogens is 2. The van der Waals surface area contributed by atoms with Crippen molar-refractivity contribution in [2.45, 2.75) is 25.9 Å². The van der Waals surface area contributed by atoms with Crippen LogP contribution in [0.1, 0.15) is 35.1 Å². The summed E-state index contributed by atoms with van der Waals surface area (Å²) in [6, 6.07) is 8.68. The molecule has 1 saturated heterocycles. The van der Waals surface area contributed by atoms with Crippen LogP contribution < -0.4 is 0 Å². The summed E-state index contributed by atoms with van der Waals surface area (Å²) in [4.78, 5) is 34.2. The Bertz CT molecular complexity index is 993. The Hall–Kier alpha value is -3.24. The third-order valence-electron chi connectivity index (χ3n) is 4.38. The number of likely N-dealkylation sites (tertiary alicyclic amines) is 1. The summed E-state index contributed by atoms with van der Waals surface area (Å²) in [5.41, 5.74) is 0.453. The second-order valence-electron chi connectivity index (χ2n) is 6.61. The van der Waals surface area contributed by atoms with Crippen molar-refractivity contribution in [2.75, 3.05) is 20.2 Å². The standard InChI is InChI=1S/C21H21N3O4/c1-4-28-19(25)17-12-14(2)22-18(23-17)16-7-5-6-15(13-16)8-9-21(27)10-11-24(3)20(21)26/h5-7,12-13,27H,4,10-11H2,1-3H3/t21-/m0/s1.